The highest BCUT2D eigenvalue weighted by molar-refractivity contribution is 5.69. The van der Waals surface area contributed by atoms with Gasteiger partial charge in [-0.3, -0.25) is 0 Å². The maximum atomic E-state index is 14.5. The fraction of sp³-hybridized carbons (Fsp3) is 0.485. The van der Waals surface area contributed by atoms with Crippen LogP contribution < -0.4 is 4.74 Å². The number of hydrogen-bond donors (Lipinski definition) is 0. The van der Waals surface area contributed by atoms with E-state index in [1.807, 2.05) is 18.2 Å². The molecule has 0 aliphatic rings. The Kier molecular flexibility index (Phi) is 12.5. The van der Waals surface area contributed by atoms with Crippen LogP contribution in [0, 0.1) is 5.95 Å². The Balaban J connectivity index is 1.48. The van der Waals surface area contributed by atoms with Crippen molar-refractivity contribution in [2.24, 2.45) is 0 Å². The van der Waals surface area contributed by atoms with Crippen molar-refractivity contribution in [3.63, 3.8) is 0 Å². The van der Waals surface area contributed by atoms with Gasteiger partial charge in [-0.15, -0.1) is 0 Å². The first-order valence-corrected chi connectivity index (χ1v) is 14.2. The highest BCUT2D eigenvalue weighted by atomic mass is 19.1. The first-order chi connectivity index (χ1) is 17.7. The molecule has 0 atom stereocenters. The molecule has 0 fully saturated rings. The monoisotopic (exact) mass is 489 g/mol. The molecule has 0 N–H and O–H groups in total. The normalized spacial score (nSPS) is 11.1. The first-order valence-electron chi connectivity index (χ1n) is 14.2. The number of unbranched alkanes of at least 4 members (excludes halogenated alkanes) is 10. The number of pyridine rings is 1. The van der Waals surface area contributed by atoms with Gasteiger partial charge in [0.1, 0.15) is 0 Å². The van der Waals surface area contributed by atoms with Gasteiger partial charge in [0, 0.05) is 5.56 Å². The van der Waals surface area contributed by atoms with Crippen molar-refractivity contribution in [1.82, 2.24) is 4.98 Å². The van der Waals surface area contributed by atoms with E-state index >= 15 is 0 Å². The summed E-state index contributed by atoms with van der Waals surface area (Å²) in [6.45, 7) is 5.01. The average molecular weight is 490 g/mol. The standard InChI is InChI=1S/C33H44FNO/c1-3-5-7-9-11-13-15-27-16-18-28(19-17-27)29-20-22-30(23-21-29)31-24-25-32(33(34)35-31)36-26-14-12-10-8-6-4-2/h16-25H,3-15,26H2,1-2H3. The van der Waals surface area contributed by atoms with Gasteiger partial charge in [0.15, 0.2) is 5.75 Å². The minimum atomic E-state index is -0.538. The Morgan fingerprint density at radius 1 is 0.583 bits per heavy atom. The van der Waals surface area contributed by atoms with Crippen molar-refractivity contribution < 1.29 is 9.13 Å². The van der Waals surface area contributed by atoms with Crippen molar-refractivity contribution in [1.29, 1.82) is 0 Å². The van der Waals surface area contributed by atoms with Crippen LogP contribution in [0.1, 0.15) is 96.5 Å². The summed E-state index contributed by atoms with van der Waals surface area (Å²) in [4.78, 5) is 4.16. The van der Waals surface area contributed by atoms with Crippen LogP contribution in [0.3, 0.4) is 0 Å². The number of aryl methyl sites for hydroxylation is 1. The Bertz CT molecular complexity index is 997. The van der Waals surface area contributed by atoms with Crippen LogP contribution in [-0.2, 0) is 6.42 Å². The lowest BCUT2D eigenvalue weighted by atomic mass is 9.99. The summed E-state index contributed by atoms with van der Waals surface area (Å²) >= 11 is 0. The van der Waals surface area contributed by atoms with Crippen LogP contribution >= 0.6 is 0 Å². The molecule has 0 radical (unpaired) electrons. The molecule has 3 heteroatoms. The van der Waals surface area contributed by atoms with E-state index in [0.717, 1.165) is 30.4 Å². The summed E-state index contributed by atoms with van der Waals surface area (Å²) in [7, 11) is 0. The van der Waals surface area contributed by atoms with Crippen molar-refractivity contribution in [3.05, 3.63) is 72.2 Å². The second-order valence-corrected chi connectivity index (χ2v) is 9.89. The Labute approximate surface area is 218 Å². The Morgan fingerprint density at radius 3 is 1.72 bits per heavy atom. The van der Waals surface area contributed by atoms with Gasteiger partial charge in [-0.25, -0.2) is 4.98 Å². The molecular formula is C33H44FNO. The van der Waals surface area contributed by atoms with Crippen molar-refractivity contribution in [3.8, 4) is 28.1 Å². The highest BCUT2D eigenvalue weighted by Crippen LogP contribution is 2.27. The van der Waals surface area contributed by atoms with Crippen molar-refractivity contribution >= 4 is 0 Å². The number of nitrogens with zero attached hydrogens (tertiary/aromatic N) is 1. The third kappa shape index (κ3) is 9.41. The molecule has 36 heavy (non-hydrogen) atoms. The number of benzene rings is 2. The molecule has 1 aromatic heterocycles. The van der Waals surface area contributed by atoms with Gasteiger partial charge in [0.25, 0.3) is 5.95 Å². The maximum absolute atomic E-state index is 14.5. The molecule has 0 saturated carbocycles. The molecule has 194 valence electrons. The Hall–Kier alpha value is -2.68. The maximum Gasteiger partial charge on any atom is 0.255 e. The lowest BCUT2D eigenvalue weighted by molar-refractivity contribution is 0.286. The van der Waals surface area contributed by atoms with Crippen LogP contribution in [0.5, 0.6) is 5.75 Å². The molecule has 0 aliphatic carbocycles. The smallest absolute Gasteiger partial charge is 0.255 e. The second kappa shape index (κ2) is 16.1. The largest absolute Gasteiger partial charge is 0.489 e. The topological polar surface area (TPSA) is 22.1 Å². The van der Waals surface area contributed by atoms with Gasteiger partial charge in [-0.05, 0) is 48.1 Å². The number of aromatic nitrogens is 1. The summed E-state index contributed by atoms with van der Waals surface area (Å²) < 4.78 is 20.2. The van der Waals surface area contributed by atoms with E-state index in [0.29, 0.717) is 12.3 Å². The summed E-state index contributed by atoms with van der Waals surface area (Å²) in [5, 5.41) is 0. The van der Waals surface area contributed by atoms with E-state index in [-0.39, 0.29) is 5.75 Å². The van der Waals surface area contributed by atoms with Gasteiger partial charge < -0.3 is 4.74 Å². The Morgan fingerprint density at radius 2 is 1.11 bits per heavy atom. The number of halogens is 1. The molecule has 0 unspecified atom stereocenters. The summed E-state index contributed by atoms with van der Waals surface area (Å²) in [5.74, 6) is -0.298. The van der Waals surface area contributed by atoms with E-state index < -0.39 is 5.95 Å². The zero-order valence-electron chi connectivity index (χ0n) is 22.4. The number of ether oxygens (including phenoxy) is 1. The highest BCUT2D eigenvalue weighted by Gasteiger charge is 2.09. The van der Waals surface area contributed by atoms with Gasteiger partial charge in [-0.1, -0.05) is 127 Å². The molecule has 3 rings (SSSR count). The van der Waals surface area contributed by atoms with E-state index in [2.05, 4.69) is 55.2 Å². The molecule has 2 nitrogen and oxygen atoms in total. The molecule has 1 heterocycles. The number of rotatable bonds is 17. The molecule has 2 aromatic carbocycles. The van der Waals surface area contributed by atoms with Crippen molar-refractivity contribution in [2.75, 3.05) is 6.61 Å². The predicted molar refractivity (Wildman–Crippen MR) is 151 cm³/mol. The second-order valence-electron chi connectivity index (χ2n) is 9.89. The van der Waals surface area contributed by atoms with Crippen LogP contribution in [-0.4, -0.2) is 11.6 Å². The molecule has 0 amide bonds. The first kappa shape index (κ1) is 27.9. The van der Waals surface area contributed by atoms with Gasteiger partial charge in [0.2, 0.25) is 0 Å². The molecule has 0 spiro atoms. The summed E-state index contributed by atoms with van der Waals surface area (Å²) in [6, 6.07) is 20.6. The third-order valence-corrected chi connectivity index (χ3v) is 6.86. The zero-order valence-corrected chi connectivity index (χ0v) is 22.4. The zero-order chi connectivity index (χ0) is 25.4. The lowest BCUT2D eigenvalue weighted by Crippen LogP contribution is -2.01. The lowest BCUT2D eigenvalue weighted by Gasteiger charge is -2.09. The van der Waals surface area contributed by atoms with Gasteiger partial charge in [0.05, 0.1) is 12.3 Å². The van der Waals surface area contributed by atoms with E-state index in [1.54, 1.807) is 6.07 Å². The fourth-order valence-corrected chi connectivity index (χ4v) is 4.56. The van der Waals surface area contributed by atoms with E-state index in [1.165, 1.54) is 75.3 Å². The van der Waals surface area contributed by atoms with Gasteiger partial charge in [-0.2, -0.15) is 4.39 Å². The number of hydrogen-bond acceptors (Lipinski definition) is 2. The van der Waals surface area contributed by atoms with E-state index in [4.69, 9.17) is 4.74 Å². The third-order valence-electron chi connectivity index (χ3n) is 6.86. The average Bonchev–Trinajstić information content (AvgIpc) is 2.91. The SMILES string of the molecule is CCCCCCCCOc1ccc(-c2ccc(-c3ccc(CCCCCCCC)cc3)cc2)nc1F. The molecule has 3 aromatic rings. The molecular weight excluding hydrogens is 445 g/mol. The quantitative estimate of drug-likeness (QED) is 0.139. The van der Waals surface area contributed by atoms with Crippen molar-refractivity contribution in [2.45, 2.75) is 97.3 Å². The van der Waals surface area contributed by atoms with Crippen LogP contribution in [0.15, 0.2) is 60.7 Å². The predicted octanol–water partition coefficient (Wildman–Crippen LogP) is 10.2. The van der Waals surface area contributed by atoms with E-state index in [9.17, 15) is 4.39 Å². The summed E-state index contributed by atoms with van der Waals surface area (Å²) in [6.07, 6.45) is 16.2. The molecule has 0 aliphatic heterocycles. The van der Waals surface area contributed by atoms with Crippen LogP contribution in [0.2, 0.25) is 0 Å². The minimum absolute atomic E-state index is 0.241. The summed E-state index contributed by atoms with van der Waals surface area (Å²) in [5.41, 5.74) is 5.29. The molecule has 0 saturated heterocycles. The van der Waals surface area contributed by atoms with Crippen LogP contribution in [0.4, 0.5) is 4.39 Å². The minimum Gasteiger partial charge on any atom is -0.489 e. The molecule has 0 bridgehead atoms. The van der Waals surface area contributed by atoms with Gasteiger partial charge >= 0.3 is 0 Å². The fourth-order valence-electron chi connectivity index (χ4n) is 4.56. The van der Waals surface area contributed by atoms with Crippen LogP contribution in [0.25, 0.3) is 22.4 Å².